The van der Waals surface area contributed by atoms with Gasteiger partial charge in [-0.1, -0.05) is 0 Å². The fourth-order valence-electron chi connectivity index (χ4n) is 1.62. The van der Waals surface area contributed by atoms with Gasteiger partial charge >= 0.3 is 6.09 Å². The number of rotatable bonds is 1. The quantitative estimate of drug-likeness (QED) is 0.803. The molecule has 2 aromatic rings. The van der Waals surface area contributed by atoms with E-state index in [0.29, 0.717) is 17.1 Å². The summed E-state index contributed by atoms with van der Waals surface area (Å²) in [5.41, 5.74) is 1.02. The van der Waals surface area contributed by atoms with E-state index >= 15 is 0 Å². The van der Waals surface area contributed by atoms with Gasteiger partial charge in [0.05, 0.1) is 11.9 Å². The van der Waals surface area contributed by atoms with Crippen LogP contribution in [0, 0.1) is 12.7 Å². The van der Waals surface area contributed by atoms with Crippen LogP contribution >= 0.6 is 0 Å². The summed E-state index contributed by atoms with van der Waals surface area (Å²) in [6.45, 7) is 7.09. The van der Waals surface area contributed by atoms with E-state index in [-0.39, 0.29) is 0 Å². The minimum atomic E-state index is -0.593. The Hall–Kier alpha value is -2.24. The first-order valence-corrected chi connectivity index (χ1v) is 6.18. The van der Waals surface area contributed by atoms with Gasteiger partial charge < -0.3 is 4.74 Å². The number of pyridine rings is 1. The van der Waals surface area contributed by atoms with Crippen molar-refractivity contribution in [3.63, 3.8) is 0 Å². The maximum Gasteiger partial charge on any atom is 0.435 e. The summed E-state index contributed by atoms with van der Waals surface area (Å²) in [5, 5.41) is 4.15. The van der Waals surface area contributed by atoms with Crippen molar-refractivity contribution in [1.82, 2.24) is 14.8 Å². The molecule has 0 aliphatic heterocycles. The molecule has 20 heavy (non-hydrogen) atoms. The summed E-state index contributed by atoms with van der Waals surface area (Å²) in [6, 6.07) is 4.50. The van der Waals surface area contributed by atoms with Gasteiger partial charge in [0.2, 0.25) is 0 Å². The van der Waals surface area contributed by atoms with E-state index in [4.69, 9.17) is 4.74 Å². The monoisotopic (exact) mass is 277 g/mol. The number of hydrogen-bond acceptors (Lipinski definition) is 4. The Bertz CT molecular complexity index is 627. The molecule has 0 saturated carbocycles. The first-order valence-electron chi connectivity index (χ1n) is 6.18. The van der Waals surface area contributed by atoms with E-state index in [1.54, 1.807) is 33.8 Å². The van der Waals surface area contributed by atoms with Crippen molar-refractivity contribution in [3.8, 4) is 11.4 Å². The Kier molecular flexibility index (Phi) is 3.57. The van der Waals surface area contributed by atoms with Gasteiger partial charge in [-0.25, -0.2) is 9.18 Å². The van der Waals surface area contributed by atoms with Crippen LogP contribution in [0.5, 0.6) is 0 Å². The number of aryl methyl sites for hydroxylation is 1. The molecular formula is C14H16FN3O2. The average molecular weight is 277 g/mol. The lowest BCUT2D eigenvalue weighted by molar-refractivity contribution is 0.0511. The minimum Gasteiger partial charge on any atom is -0.442 e. The molecule has 106 valence electrons. The van der Waals surface area contributed by atoms with Crippen LogP contribution in [0.25, 0.3) is 11.4 Å². The normalized spacial score (nSPS) is 11.4. The standard InChI is InChI=1S/C14H16FN3O2/c1-9-7-12(11-6-5-10(15)8-16-11)17-18(9)13(19)20-14(2,3)4/h5-8H,1-4H3. The van der Waals surface area contributed by atoms with Gasteiger partial charge in [0.15, 0.2) is 0 Å². The molecule has 5 nitrogen and oxygen atoms in total. The zero-order valence-corrected chi connectivity index (χ0v) is 11.8. The molecule has 2 heterocycles. The molecule has 0 bridgehead atoms. The van der Waals surface area contributed by atoms with Crippen molar-refractivity contribution < 1.29 is 13.9 Å². The molecule has 0 radical (unpaired) electrons. The third-order valence-electron chi connectivity index (χ3n) is 2.44. The van der Waals surface area contributed by atoms with Crippen molar-refractivity contribution in [2.45, 2.75) is 33.3 Å². The van der Waals surface area contributed by atoms with Gasteiger partial charge in [-0.15, -0.1) is 0 Å². The van der Waals surface area contributed by atoms with Crippen LogP contribution in [0.15, 0.2) is 24.4 Å². The van der Waals surface area contributed by atoms with E-state index in [1.165, 1.54) is 16.8 Å². The molecule has 6 heteroatoms. The van der Waals surface area contributed by atoms with Gasteiger partial charge in [0.25, 0.3) is 0 Å². The maximum atomic E-state index is 12.8. The summed E-state index contributed by atoms with van der Waals surface area (Å²) >= 11 is 0. The van der Waals surface area contributed by atoms with E-state index in [0.717, 1.165) is 6.20 Å². The third-order valence-corrected chi connectivity index (χ3v) is 2.44. The molecule has 2 aromatic heterocycles. The molecule has 0 aliphatic rings. The van der Waals surface area contributed by atoms with Crippen molar-refractivity contribution in [2.24, 2.45) is 0 Å². The largest absolute Gasteiger partial charge is 0.442 e. The first kappa shape index (κ1) is 14.2. The Labute approximate surface area is 116 Å². The molecule has 0 fully saturated rings. The molecule has 0 N–H and O–H groups in total. The summed E-state index contributed by atoms with van der Waals surface area (Å²) in [7, 11) is 0. The second-order valence-electron chi connectivity index (χ2n) is 5.42. The van der Waals surface area contributed by atoms with Gasteiger partial charge in [-0.05, 0) is 45.9 Å². The minimum absolute atomic E-state index is 0.419. The molecule has 0 amide bonds. The van der Waals surface area contributed by atoms with Crippen LogP contribution in [0.2, 0.25) is 0 Å². The summed E-state index contributed by atoms with van der Waals surface area (Å²) in [5.74, 6) is -0.419. The maximum absolute atomic E-state index is 12.8. The lowest BCUT2D eigenvalue weighted by Crippen LogP contribution is -2.28. The lowest BCUT2D eigenvalue weighted by Gasteiger charge is -2.19. The van der Waals surface area contributed by atoms with Gasteiger partial charge in [-0.3, -0.25) is 4.98 Å². The number of hydrogen-bond donors (Lipinski definition) is 0. The van der Waals surface area contributed by atoms with Crippen LogP contribution in [0.1, 0.15) is 26.5 Å². The summed E-state index contributed by atoms with van der Waals surface area (Å²) in [6.07, 6.45) is 0.556. The molecule has 2 rings (SSSR count). The Balaban J connectivity index is 2.30. The predicted octanol–water partition coefficient (Wildman–Crippen LogP) is 3.18. The van der Waals surface area contributed by atoms with Crippen molar-refractivity contribution in [1.29, 1.82) is 0 Å². The second-order valence-corrected chi connectivity index (χ2v) is 5.42. The molecule has 0 atom stereocenters. The van der Waals surface area contributed by atoms with Crippen molar-refractivity contribution in [2.75, 3.05) is 0 Å². The SMILES string of the molecule is Cc1cc(-c2ccc(F)cn2)nn1C(=O)OC(C)(C)C. The van der Waals surface area contributed by atoms with Crippen LogP contribution in [-0.4, -0.2) is 26.5 Å². The highest BCUT2D eigenvalue weighted by atomic mass is 19.1. The zero-order chi connectivity index (χ0) is 14.9. The lowest BCUT2D eigenvalue weighted by atomic mass is 10.2. The Morgan fingerprint density at radius 1 is 1.30 bits per heavy atom. The number of carbonyl (C=O) groups excluding carboxylic acids is 1. The topological polar surface area (TPSA) is 57.0 Å². The summed E-state index contributed by atoms with van der Waals surface area (Å²) < 4.78 is 19.3. The Morgan fingerprint density at radius 2 is 2.00 bits per heavy atom. The van der Waals surface area contributed by atoms with E-state index < -0.39 is 17.5 Å². The smallest absolute Gasteiger partial charge is 0.435 e. The number of carbonyl (C=O) groups is 1. The van der Waals surface area contributed by atoms with Gasteiger partial charge in [0, 0.05) is 5.69 Å². The van der Waals surface area contributed by atoms with E-state index in [1.807, 2.05) is 0 Å². The van der Waals surface area contributed by atoms with E-state index in [9.17, 15) is 9.18 Å². The number of ether oxygens (including phenoxy) is 1. The second kappa shape index (κ2) is 5.03. The van der Waals surface area contributed by atoms with Crippen LogP contribution in [0.3, 0.4) is 0 Å². The van der Waals surface area contributed by atoms with Crippen molar-refractivity contribution in [3.05, 3.63) is 35.9 Å². The highest BCUT2D eigenvalue weighted by Gasteiger charge is 2.20. The summed E-state index contributed by atoms with van der Waals surface area (Å²) in [4.78, 5) is 15.9. The van der Waals surface area contributed by atoms with Crippen LogP contribution < -0.4 is 0 Å². The van der Waals surface area contributed by atoms with Gasteiger partial charge in [-0.2, -0.15) is 9.78 Å². The highest BCUT2D eigenvalue weighted by molar-refractivity contribution is 5.72. The van der Waals surface area contributed by atoms with E-state index in [2.05, 4.69) is 10.1 Å². The van der Waals surface area contributed by atoms with Crippen LogP contribution in [-0.2, 0) is 4.74 Å². The van der Waals surface area contributed by atoms with Gasteiger partial charge in [0.1, 0.15) is 17.1 Å². The molecule has 0 aliphatic carbocycles. The fraction of sp³-hybridized carbons (Fsp3) is 0.357. The molecular weight excluding hydrogens is 261 g/mol. The zero-order valence-electron chi connectivity index (χ0n) is 11.8. The highest BCUT2D eigenvalue weighted by Crippen LogP contribution is 2.18. The predicted molar refractivity (Wildman–Crippen MR) is 71.8 cm³/mol. The molecule has 0 aromatic carbocycles. The average Bonchev–Trinajstić information content (AvgIpc) is 2.70. The number of nitrogens with zero attached hydrogens (tertiary/aromatic N) is 3. The number of halogens is 1. The van der Waals surface area contributed by atoms with Crippen LogP contribution in [0.4, 0.5) is 9.18 Å². The third kappa shape index (κ3) is 3.20. The van der Waals surface area contributed by atoms with Crippen molar-refractivity contribution >= 4 is 6.09 Å². The number of aromatic nitrogens is 3. The molecule has 0 saturated heterocycles. The first-order chi connectivity index (χ1) is 9.26. The molecule has 0 unspecified atom stereocenters. The molecule has 0 spiro atoms. The Morgan fingerprint density at radius 3 is 2.55 bits per heavy atom. The fourth-order valence-corrected chi connectivity index (χ4v) is 1.62.